The summed E-state index contributed by atoms with van der Waals surface area (Å²) in [7, 11) is -1.28. The van der Waals surface area contributed by atoms with E-state index in [0.29, 0.717) is 0 Å². The van der Waals surface area contributed by atoms with Gasteiger partial charge in [0.25, 0.3) is 0 Å². The maximum atomic E-state index is 6.90. The van der Waals surface area contributed by atoms with Crippen LogP contribution in [0.1, 0.15) is 27.7 Å². The van der Waals surface area contributed by atoms with Crippen molar-refractivity contribution in [2.45, 2.75) is 44.7 Å². The lowest BCUT2D eigenvalue weighted by Crippen LogP contribution is -2.53. The van der Waals surface area contributed by atoms with Gasteiger partial charge in [-0.3, -0.25) is 0 Å². The van der Waals surface area contributed by atoms with Gasteiger partial charge in [0.2, 0.25) is 0 Å². The van der Waals surface area contributed by atoms with E-state index in [-0.39, 0.29) is 0 Å². The summed E-state index contributed by atoms with van der Waals surface area (Å²) in [6.45, 7) is 8.70. The first-order valence-electron chi connectivity index (χ1n) is 12.9. The standard InChI is InChI=1S/C33H36O2P2/c1-31(2)34-32(3,25-36(27-17-9-5-10-18-27)28-19-11-6-12-20-28)33(4,35-31)26-37(29-21-13-7-14-22-29)30-23-15-8-16-24-30/h5-24H,25-26H2,1-4H3/t32-,33-/m0/s1. The highest BCUT2D eigenvalue weighted by Gasteiger charge is 2.59. The van der Waals surface area contributed by atoms with E-state index in [1.54, 1.807) is 0 Å². The summed E-state index contributed by atoms with van der Waals surface area (Å²) in [6, 6.07) is 43.7. The first-order valence-corrected chi connectivity index (χ1v) is 16.0. The van der Waals surface area contributed by atoms with E-state index in [2.05, 4.69) is 149 Å². The minimum Gasteiger partial charge on any atom is -0.341 e. The smallest absolute Gasteiger partial charge is 0.164 e. The highest BCUT2D eigenvalue weighted by atomic mass is 31.1. The molecule has 1 fully saturated rings. The Hall–Kier alpha value is -2.34. The van der Waals surface area contributed by atoms with Crippen LogP contribution in [0.25, 0.3) is 0 Å². The Morgan fingerprint density at radius 1 is 0.432 bits per heavy atom. The van der Waals surface area contributed by atoms with E-state index in [9.17, 15) is 0 Å². The molecule has 5 rings (SSSR count). The molecule has 0 amide bonds. The molecule has 0 spiro atoms. The number of ether oxygens (including phenoxy) is 2. The van der Waals surface area contributed by atoms with Crippen LogP contribution < -0.4 is 21.2 Å². The van der Waals surface area contributed by atoms with Gasteiger partial charge < -0.3 is 9.47 Å². The fourth-order valence-corrected chi connectivity index (χ4v) is 10.9. The van der Waals surface area contributed by atoms with Crippen molar-refractivity contribution in [3.63, 3.8) is 0 Å². The average Bonchev–Trinajstić information content (AvgIpc) is 3.10. The van der Waals surface area contributed by atoms with Gasteiger partial charge in [0.1, 0.15) is 11.2 Å². The predicted molar refractivity (Wildman–Crippen MR) is 161 cm³/mol. The monoisotopic (exact) mass is 526 g/mol. The predicted octanol–water partition coefficient (Wildman–Crippen LogP) is 6.55. The van der Waals surface area contributed by atoms with Gasteiger partial charge in [-0.1, -0.05) is 121 Å². The van der Waals surface area contributed by atoms with Crippen molar-refractivity contribution in [1.82, 2.24) is 0 Å². The van der Waals surface area contributed by atoms with E-state index < -0.39 is 32.8 Å². The Labute approximate surface area is 224 Å². The summed E-state index contributed by atoms with van der Waals surface area (Å²) in [5.41, 5.74) is -0.948. The van der Waals surface area contributed by atoms with Crippen LogP contribution in [0.5, 0.6) is 0 Å². The van der Waals surface area contributed by atoms with Crippen molar-refractivity contribution >= 4 is 37.1 Å². The Morgan fingerprint density at radius 3 is 0.919 bits per heavy atom. The highest BCUT2D eigenvalue weighted by Crippen LogP contribution is 2.54. The van der Waals surface area contributed by atoms with E-state index in [1.165, 1.54) is 21.2 Å². The molecule has 4 aromatic carbocycles. The van der Waals surface area contributed by atoms with Crippen LogP contribution in [0.15, 0.2) is 121 Å². The van der Waals surface area contributed by atoms with Crippen LogP contribution in [0, 0.1) is 0 Å². The minimum absolute atomic E-state index is 0.474. The zero-order chi connectivity index (χ0) is 25.9. The lowest BCUT2D eigenvalue weighted by atomic mass is 9.89. The van der Waals surface area contributed by atoms with Crippen molar-refractivity contribution in [3.05, 3.63) is 121 Å². The second-order valence-electron chi connectivity index (χ2n) is 10.6. The summed E-state index contributed by atoms with van der Waals surface area (Å²) in [5.74, 6) is -0.660. The van der Waals surface area contributed by atoms with Gasteiger partial charge >= 0.3 is 0 Å². The zero-order valence-corrected chi connectivity index (χ0v) is 24.0. The SMILES string of the molecule is CC1(C)O[C@@](C)(CP(c2ccccc2)c2ccccc2)[C@](C)(CP(c2ccccc2)c2ccccc2)O1. The molecule has 2 atom stereocenters. The van der Waals surface area contributed by atoms with Crippen LogP contribution in [0.4, 0.5) is 0 Å². The summed E-state index contributed by atoms with van der Waals surface area (Å²) in [5, 5.41) is 5.48. The maximum absolute atomic E-state index is 6.90. The molecule has 1 saturated heterocycles. The van der Waals surface area contributed by atoms with Gasteiger partial charge in [0.15, 0.2) is 5.79 Å². The van der Waals surface area contributed by atoms with E-state index in [0.717, 1.165) is 12.3 Å². The van der Waals surface area contributed by atoms with Crippen LogP contribution in [-0.2, 0) is 9.47 Å². The molecule has 1 heterocycles. The molecule has 0 aromatic heterocycles. The number of hydrogen-bond acceptors (Lipinski definition) is 2. The molecule has 2 nitrogen and oxygen atoms in total. The summed E-state index contributed by atoms with van der Waals surface area (Å²) in [6.07, 6.45) is 1.78. The third kappa shape index (κ3) is 5.74. The second kappa shape index (κ2) is 10.8. The molecule has 4 heteroatoms. The van der Waals surface area contributed by atoms with Gasteiger partial charge in [-0.2, -0.15) is 0 Å². The van der Waals surface area contributed by atoms with Crippen molar-refractivity contribution in [2.24, 2.45) is 0 Å². The molecule has 0 N–H and O–H groups in total. The van der Waals surface area contributed by atoms with Gasteiger partial charge in [0, 0.05) is 12.3 Å². The quantitative estimate of drug-likeness (QED) is 0.242. The van der Waals surface area contributed by atoms with Gasteiger partial charge in [0.05, 0.1) is 0 Å². The molecule has 0 saturated carbocycles. The van der Waals surface area contributed by atoms with E-state index >= 15 is 0 Å². The molecule has 190 valence electrons. The fourth-order valence-electron chi connectivity index (χ4n) is 5.42. The third-order valence-corrected chi connectivity index (χ3v) is 12.8. The molecule has 0 unspecified atom stereocenters. The molecule has 0 radical (unpaired) electrons. The molecule has 1 aliphatic heterocycles. The van der Waals surface area contributed by atoms with Crippen molar-refractivity contribution in [2.75, 3.05) is 12.3 Å². The normalized spacial score (nSPS) is 23.0. The summed E-state index contributed by atoms with van der Waals surface area (Å²) < 4.78 is 13.8. The molecule has 1 aliphatic rings. The summed E-state index contributed by atoms with van der Waals surface area (Å²) >= 11 is 0. The Balaban J connectivity index is 1.56. The average molecular weight is 527 g/mol. The van der Waals surface area contributed by atoms with E-state index in [1.807, 2.05) is 0 Å². The van der Waals surface area contributed by atoms with Crippen LogP contribution in [0.3, 0.4) is 0 Å². The van der Waals surface area contributed by atoms with Gasteiger partial charge in [-0.05, 0) is 64.8 Å². The first-order chi connectivity index (χ1) is 17.8. The van der Waals surface area contributed by atoms with Gasteiger partial charge in [-0.15, -0.1) is 0 Å². The van der Waals surface area contributed by atoms with Crippen molar-refractivity contribution in [1.29, 1.82) is 0 Å². The van der Waals surface area contributed by atoms with Crippen LogP contribution in [-0.4, -0.2) is 29.3 Å². The van der Waals surface area contributed by atoms with Crippen molar-refractivity contribution in [3.8, 4) is 0 Å². The summed E-state index contributed by atoms with van der Waals surface area (Å²) in [4.78, 5) is 0. The number of rotatable bonds is 8. The van der Waals surface area contributed by atoms with Crippen molar-refractivity contribution < 1.29 is 9.47 Å². The Bertz CT molecular complexity index is 1100. The molecule has 0 bridgehead atoms. The first kappa shape index (κ1) is 26.3. The maximum Gasteiger partial charge on any atom is 0.164 e. The number of hydrogen-bond donors (Lipinski definition) is 0. The number of benzene rings is 4. The Morgan fingerprint density at radius 2 is 0.676 bits per heavy atom. The molecule has 0 aliphatic carbocycles. The highest BCUT2D eigenvalue weighted by molar-refractivity contribution is 7.73. The third-order valence-electron chi connectivity index (χ3n) is 7.25. The topological polar surface area (TPSA) is 18.5 Å². The van der Waals surface area contributed by atoms with E-state index in [4.69, 9.17) is 9.47 Å². The van der Waals surface area contributed by atoms with Crippen LogP contribution >= 0.6 is 15.8 Å². The lowest BCUT2D eigenvalue weighted by Gasteiger charge is -2.42. The second-order valence-corrected chi connectivity index (χ2v) is 15.0. The molecular weight excluding hydrogens is 490 g/mol. The van der Waals surface area contributed by atoms with Crippen LogP contribution in [0.2, 0.25) is 0 Å². The fraction of sp³-hybridized carbons (Fsp3) is 0.273. The molecule has 37 heavy (non-hydrogen) atoms. The molecular formula is C33H36O2P2. The zero-order valence-electron chi connectivity index (χ0n) is 22.2. The largest absolute Gasteiger partial charge is 0.341 e. The lowest BCUT2D eigenvalue weighted by molar-refractivity contribution is -0.162. The minimum atomic E-state index is -0.660. The van der Waals surface area contributed by atoms with Gasteiger partial charge in [-0.25, -0.2) is 0 Å². The molecule has 4 aromatic rings. The Kier molecular flexibility index (Phi) is 7.67.